The molecule has 0 aliphatic carbocycles. The molecule has 0 spiro atoms. The molecule has 0 bridgehead atoms. The van der Waals surface area contributed by atoms with Crippen molar-refractivity contribution < 1.29 is 25.8 Å². The standard InChI is InChI=1S/C13H15F3O3S/c1-9(19-20(17,18)13(14,15)16)10-5-7-11(8-6-10)12(2,3)4/h5-8H,1H2,2-4H3. The molecule has 0 amide bonds. The molecule has 112 valence electrons. The Balaban J connectivity index is 2.96. The second-order valence-electron chi connectivity index (χ2n) is 5.23. The van der Waals surface area contributed by atoms with Crippen molar-refractivity contribution in [1.82, 2.24) is 0 Å². The van der Waals surface area contributed by atoms with Crippen molar-refractivity contribution in [1.29, 1.82) is 0 Å². The van der Waals surface area contributed by atoms with Crippen LogP contribution in [0.4, 0.5) is 13.2 Å². The average Bonchev–Trinajstić information content (AvgIpc) is 2.26. The molecule has 0 unspecified atom stereocenters. The fourth-order valence-electron chi connectivity index (χ4n) is 1.38. The number of rotatable bonds is 3. The van der Waals surface area contributed by atoms with E-state index in [1.165, 1.54) is 12.1 Å². The van der Waals surface area contributed by atoms with Gasteiger partial charge in [-0.2, -0.15) is 21.6 Å². The predicted molar refractivity (Wildman–Crippen MR) is 70.2 cm³/mol. The Morgan fingerprint density at radius 3 is 1.90 bits per heavy atom. The lowest BCUT2D eigenvalue weighted by Gasteiger charge is -2.19. The summed E-state index contributed by atoms with van der Waals surface area (Å²) in [6.07, 6.45) is 0. The number of benzene rings is 1. The van der Waals surface area contributed by atoms with Gasteiger partial charge in [0.05, 0.1) is 0 Å². The second-order valence-corrected chi connectivity index (χ2v) is 6.77. The van der Waals surface area contributed by atoms with Gasteiger partial charge in [0.1, 0.15) is 5.76 Å². The third kappa shape index (κ3) is 3.75. The molecule has 0 heterocycles. The fourth-order valence-corrected chi connectivity index (χ4v) is 1.84. The molecule has 0 aromatic heterocycles. The van der Waals surface area contributed by atoms with Crippen LogP contribution >= 0.6 is 0 Å². The van der Waals surface area contributed by atoms with Gasteiger partial charge in [0.25, 0.3) is 0 Å². The summed E-state index contributed by atoms with van der Waals surface area (Å²) in [5.41, 5.74) is -4.47. The zero-order valence-corrected chi connectivity index (χ0v) is 12.1. The molecule has 7 heteroatoms. The van der Waals surface area contributed by atoms with Gasteiger partial charge in [-0.25, -0.2) is 0 Å². The highest BCUT2D eigenvalue weighted by Gasteiger charge is 2.48. The second kappa shape index (κ2) is 5.12. The SMILES string of the molecule is C=C(OS(=O)(=O)C(F)(F)F)c1ccc(C(C)(C)C)cc1. The molecule has 1 aromatic rings. The summed E-state index contributed by atoms with van der Waals surface area (Å²) < 4.78 is 62.2. The molecule has 0 N–H and O–H groups in total. The van der Waals surface area contributed by atoms with Gasteiger partial charge >= 0.3 is 15.6 Å². The van der Waals surface area contributed by atoms with E-state index < -0.39 is 21.4 Å². The van der Waals surface area contributed by atoms with Crippen molar-refractivity contribution in [2.24, 2.45) is 0 Å². The van der Waals surface area contributed by atoms with Crippen molar-refractivity contribution in [3.63, 3.8) is 0 Å². The van der Waals surface area contributed by atoms with Gasteiger partial charge in [-0.3, -0.25) is 0 Å². The molecular formula is C13H15F3O3S. The van der Waals surface area contributed by atoms with E-state index in [4.69, 9.17) is 0 Å². The van der Waals surface area contributed by atoms with E-state index >= 15 is 0 Å². The molecule has 0 aliphatic heterocycles. The fraction of sp³-hybridized carbons (Fsp3) is 0.385. The molecule has 1 rings (SSSR count). The van der Waals surface area contributed by atoms with E-state index in [1.807, 2.05) is 20.8 Å². The van der Waals surface area contributed by atoms with Crippen LogP contribution in [0.1, 0.15) is 31.9 Å². The Bertz CT molecular complexity index is 593. The third-order valence-electron chi connectivity index (χ3n) is 2.57. The molecule has 20 heavy (non-hydrogen) atoms. The van der Waals surface area contributed by atoms with Crippen molar-refractivity contribution >= 4 is 15.9 Å². The average molecular weight is 308 g/mol. The minimum Gasteiger partial charge on any atom is -0.376 e. The molecule has 0 saturated carbocycles. The summed E-state index contributed by atoms with van der Waals surface area (Å²) in [4.78, 5) is 0. The van der Waals surface area contributed by atoms with Gasteiger partial charge in [-0.15, -0.1) is 0 Å². The van der Waals surface area contributed by atoms with Gasteiger partial charge in [0.15, 0.2) is 0 Å². The van der Waals surface area contributed by atoms with Gasteiger partial charge in [-0.1, -0.05) is 51.6 Å². The maximum Gasteiger partial charge on any atom is 0.534 e. The Morgan fingerprint density at radius 2 is 1.55 bits per heavy atom. The summed E-state index contributed by atoms with van der Waals surface area (Å²) in [6, 6.07) is 6.30. The van der Waals surface area contributed by atoms with E-state index in [1.54, 1.807) is 12.1 Å². The molecule has 0 saturated heterocycles. The molecule has 1 aromatic carbocycles. The number of halogens is 3. The normalized spacial score (nSPS) is 13.1. The van der Waals surface area contributed by atoms with Crippen LogP contribution in [0.3, 0.4) is 0 Å². The van der Waals surface area contributed by atoms with Crippen LogP contribution in [-0.2, 0) is 19.7 Å². The Labute approximate surface area is 116 Å². The van der Waals surface area contributed by atoms with E-state index in [-0.39, 0.29) is 11.0 Å². The first-order valence-corrected chi connectivity index (χ1v) is 7.06. The largest absolute Gasteiger partial charge is 0.534 e. The summed E-state index contributed by atoms with van der Waals surface area (Å²) in [5, 5.41) is 0. The molecular weight excluding hydrogens is 293 g/mol. The van der Waals surface area contributed by atoms with Crippen LogP contribution in [0.25, 0.3) is 5.76 Å². The highest BCUT2D eigenvalue weighted by Crippen LogP contribution is 2.30. The Hall–Kier alpha value is -1.50. The smallest absolute Gasteiger partial charge is 0.376 e. The Morgan fingerprint density at radius 1 is 1.10 bits per heavy atom. The van der Waals surface area contributed by atoms with Gasteiger partial charge in [0, 0.05) is 5.56 Å². The van der Waals surface area contributed by atoms with Gasteiger partial charge in [-0.05, 0) is 11.0 Å². The first kappa shape index (κ1) is 16.6. The Kier molecular flexibility index (Phi) is 4.24. The van der Waals surface area contributed by atoms with Crippen LogP contribution < -0.4 is 0 Å². The lowest BCUT2D eigenvalue weighted by molar-refractivity contribution is -0.0509. The van der Waals surface area contributed by atoms with Crippen LogP contribution in [-0.4, -0.2) is 13.9 Å². The lowest BCUT2D eigenvalue weighted by atomic mass is 9.86. The van der Waals surface area contributed by atoms with E-state index in [0.29, 0.717) is 0 Å². The maximum absolute atomic E-state index is 12.2. The van der Waals surface area contributed by atoms with Crippen LogP contribution in [0.15, 0.2) is 30.8 Å². The van der Waals surface area contributed by atoms with Gasteiger partial charge in [0.2, 0.25) is 0 Å². The number of hydrogen-bond acceptors (Lipinski definition) is 3. The summed E-state index contributed by atoms with van der Waals surface area (Å²) in [7, 11) is -5.68. The topological polar surface area (TPSA) is 43.4 Å². The number of alkyl halides is 3. The summed E-state index contributed by atoms with van der Waals surface area (Å²) in [6.45, 7) is 9.14. The molecule has 0 fully saturated rings. The third-order valence-corrected chi connectivity index (χ3v) is 3.55. The zero-order valence-electron chi connectivity index (χ0n) is 11.3. The van der Waals surface area contributed by atoms with Crippen LogP contribution in [0.2, 0.25) is 0 Å². The van der Waals surface area contributed by atoms with Crippen molar-refractivity contribution in [3.8, 4) is 0 Å². The first-order valence-electron chi connectivity index (χ1n) is 5.65. The van der Waals surface area contributed by atoms with E-state index in [2.05, 4.69) is 10.8 Å². The molecule has 3 nitrogen and oxygen atoms in total. The minimum absolute atomic E-state index is 0.126. The zero-order chi connectivity index (χ0) is 15.8. The molecule has 0 radical (unpaired) electrons. The van der Waals surface area contributed by atoms with Crippen molar-refractivity contribution in [2.75, 3.05) is 0 Å². The summed E-state index contributed by atoms with van der Waals surface area (Å²) >= 11 is 0. The molecule has 0 atom stereocenters. The lowest BCUT2D eigenvalue weighted by Crippen LogP contribution is -2.24. The maximum atomic E-state index is 12.2. The number of hydrogen-bond donors (Lipinski definition) is 0. The molecule has 0 aliphatic rings. The van der Waals surface area contributed by atoms with E-state index in [9.17, 15) is 21.6 Å². The quantitative estimate of drug-likeness (QED) is 0.484. The van der Waals surface area contributed by atoms with Crippen LogP contribution in [0, 0.1) is 0 Å². The highest BCUT2D eigenvalue weighted by molar-refractivity contribution is 7.87. The van der Waals surface area contributed by atoms with E-state index in [0.717, 1.165) is 5.56 Å². The van der Waals surface area contributed by atoms with Gasteiger partial charge < -0.3 is 4.18 Å². The minimum atomic E-state index is -5.68. The summed E-state index contributed by atoms with van der Waals surface area (Å²) in [5.74, 6) is -0.567. The monoisotopic (exact) mass is 308 g/mol. The van der Waals surface area contributed by atoms with Crippen molar-refractivity contribution in [3.05, 3.63) is 42.0 Å². The van der Waals surface area contributed by atoms with Crippen LogP contribution in [0.5, 0.6) is 0 Å². The first-order chi connectivity index (χ1) is 8.84. The highest BCUT2D eigenvalue weighted by atomic mass is 32.2. The van der Waals surface area contributed by atoms with Crippen molar-refractivity contribution in [2.45, 2.75) is 31.7 Å². The predicted octanol–water partition coefficient (Wildman–Crippen LogP) is 3.82.